The van der Waals surface area contributed by atoms with Crippen LogP contribution in [-0.2, 0) is 17.8 Å². The first-order valence-electron chi connectivity index (χ1n) is 8.01. The number of rotatable bonds is 6. The molecule has 0 atom stereocenters. The van der Waals surface area contributed by atoms with Crippen molar-refractivity contribution < 1.29 is 19.1 Å². The monoisotopic (exact) mass is 371 g/mol. The molecule has 1 heterocycles. The lowest BCUT2D eigenvalue weighted by molar-refractivity contribution is -0.115. The highest BCUT2D eigenvalue weighted by Crippen LogP contribution is 2.33. The van der Waals surface area contributed by atoms with Gasteiger partial charge in [-0.1, -0.05) is 23.7 Å². The molecule has 134 valence electrons. The average molecular weight is 372 g/mol. The Kier molecular flexibility index (Phi) is 5.61. The summed E-state index contributed by atoms with van der Waals surface area (Å²) in [6.07, 6.45) is 0.249. The molecule has 3 rings (SSSR count). The molecule has 0 radical (unpaired) electrons. The number of ether oxygens (including phenoxy) is 1. The summed E-state index contributed by atoms with van der Waals surface area (Å²) in [7, 11) is 1.55. The summed E-state index contributed by atoms with van der Waals surface area (Å²) in [5, 5.41) is 12.6. The van der Waals surface area contributed by atoms with Crippen LogP contribution in [0.4, 0.5) is 5.69 Å². The largest absolute Gasteiger partial charge is 0.496 e. The van der Waals surface area contributed by atoms with E-state index in [1.807, 2.05) is 12.1 Å². The Morgan fingerprint density at radius 3 is 2.58 bits per heavy atom. The van der Waals surface area contributed by atoms with Crippen LogP contribution >= 0.6 is 11.6 Å². The fraction of sp³-hybridized carbons (Fsp3) is 0.150. The number of hydrogen-bond donors (Lipinski definition) is 2. The SMILES string of the molecule is COc1cc(NC(=O)Cc2ccc(Cl)cc2)ccc1-c1ccc(CO)o1. The summed E-state index contributed by atoms with van der Waals surface area (Å²) in [5.74, 6) is 1.49. The molecule has 0 saturated carbocycles. The number of hydrogen-bond acceptors (Lipinski definition) is 4. The van der Waals surface area contributed by atoms with Gasteiger partial charge in [0.25, 0.3) is 0 Å². The van der Waals surface area contributed by atoms with Crippen LogP contribution in [0.15, 0.2) is 59.0 Å². The van der Waals surface area contributed by atoms with Crippen molar-refractivity contribution in [1.82, 2.24) is 0 Å². The topological polar surface area (TPSA) is 71.7 Å². The van der Waals surface area contributed by atoms with Gasteiger partial charge in [0, 0.05) is 16.8 Å². The van der Waals surface area contributed by atoms with Gasteiger partial charge in [-0.2, -0.15) is 0 Å². The Balaban J connectivity index is 1.74. The van der Waals surface area contributed by atoms with Crippen molar-refractivity contribution in [2.45, 2.75) is 13.0 Å². The summed E-state index contributed by atoms with van der Waals surface area (Å²) in [6, 6.07) is 15.9. The molecular formula is C20H18ClNO4. The second-order valence-corrected chi connectivity index (χ2v) is 6.13. The van der Waals surface area contributed by atoms with Crippen LogP contribution in [0.3, 0.4) is 0 Å². The first-order chi connectivity index (χ1) is 12.6. The van der Waals surface area contributed by atoms with Crippen molar-refractivity contribution in [3.63, 3.8) is 0 Å². The molecule has 3 aromatic rings. The van der Waals surface area contributed by atoms with E-state index in [2.05, 4.69) is 5.32 Å². The van der Waals surface area contributed by atoms with Crippen molar-refractivity contribution in [3.05, 3.63) is 70.9 Å². The quantitative estimate of drug-likeness (QED) is 0.678. The first kappa shape index (κ1) is 18.0. The van der Waals surface area contributed by atoms with Crippen molar-refractivity contribution in [3.8, 4) is 17.1 Å². The van der Waals surface area contributed by atoms with Gasteiger partial charge < -0.3 is 19.6 Å². The van der Waals surface area contributed by atoms with E-state index in [0.717, 1.165) is 11.1 Å². The predicted molar refractivity (Wildman–Crippen MR) is 100 cm³/mol. The highest BCUT2D eigenvalue weighted by atomic mass is 35.5. The lowest BCUT2D eigenvalue weighted by Crippen LogP contribution is -2.14. The van der Waals surface area contributed by atoms with E-state index in [1.165, 1.54) is 0 Å². The van der Waals surface area contributed by atoms with Crippen LogP contribution < -0.4 is 10.1 Å². The fourth-order valence-electron chi connectivity index (χ4n) is 2.57. The minimum absolute atomic E-state index is 0.136. The smallest absolute Gasteiger partial charge is 0.228 e. The van der Waals surface area contributed by atoms with Gasteiger partial charge in [0.15, 0.2) is 0 Å². The summed E-state index contributed by atoms with van der Waals surface area (Å²) in [4.78, 5) is 12.2. The number of aliphatic hydroxyl groups excluding tert-OH is 1. The third kappa shape index (κ3) is 4.25. The Morgan fingerprint density at radius 2 is 1.92 bits per heavy atom. The molecule has 0 spiro atoms. The van der Waals surface area contributed by atoms with Gasteiger partial charge in [-0.05, 0) is 42.0 Å². The zero-order valence-corrected chi connectivity index (χ0v) is 14.9. The second-order valence-electron chi connectivity index (χ2n) is 5.69. The number of methoxy groups -OCH3 is 1. The number of nitrogens with one attached hydrogen (secondary N) is 1. The van der Waals surface area contributed by atoms with Crippen LogP contribution in [0.25, 0.3) is 11.3 Å². The molecule has 0 aliphatic carbocycles. The Bertz CT molecular complexity index is 902. The van der Waals surface area contributed by atoms with Crippen LogP contribution in [-0.4, -0.2) is 18.1 Å². The molecule has 6 heteroatoms. The number of carbonyl (C=O) groups excluding carboxylic acids is 1. The van der Waals surface area contributed by atoms with Crippen LogP contribution in [0.1, 0.15) is 11.3 Å². The van der Waals surface area contributed by atoms with E-state index in [0.29, 0.717) is 28.0 Å². The number of halogens is 1. The minimum atomic E-state index is -0.166. The van der Waals surface area contributed by atoms with E-state index < -0.39 is 0 Å². The minimum Gasteiger partial charge on any atom is -0.496 e. The second kappa shape index (κ2) is 8.08. The van der Waals surface area contributed by atoms with E-state index in [1.54, 1.807) is 49.6 Å². The molecular weight excluding hydrogens is 354 g/mol. The Hall–Kier alpha value is -2.76. The fourth-order valence-corrected chi connectivity index (χ4v) is 2.70. The van der Waals surface area contributed by atoms with E-state index in [9.17, 15) is 4.79 Å². The normalized spacial score (nSPS) is 10.6. The van der Waals surface area contributed by atoms with E-state index >= 15 is 0 Å². The van der Waals surface area contributed by atoms with Crippen LogP contribution in [0.5, 0.6) is 5.75 Å². The standard InChI is InChI=1S/C20H18ClNO4/c1-25-19-11-15(6-8-17(19)18-9-7-16(12-23)26-18)22-20(24)10-13-2-4-14(21)5-3-13/h2-9,11,23H,10,12H2,1H3,(H,22,24). The third-order valence-corrected chi connectivity index (χ3v) is 4.10. The molecule has 2 aromatic carbocycles. The van der Waals surface area contributed by atoms with Gasteiger partial charge in [0.1, 0.15) is 23.9 Å². The third-order valence-electron chi connectivity index (χ3n) is 3.85. The van der Waals surface area contributed by atoms with Gasteiger partial charge in [-0.25, -0.2) is 0 Å². The van der Waals surface area contributed by atoms with Crippen molar-refractivity contribution >= 4 is 23.2 Å². The first-order valence-corrected chi connectivity index (χ1v) is 8.39. The average Bonchev–Trinajstić information content (AvgIpc) is 3.12. The maximum atomic E-state index is 12.2. The van der Waals surface area contributed by atoms with Gasteiger partial charge >= 0.3 is 0 Å². The molecule has 5 nitrogen and oxygen atoms in total. The summed E-state index contributed by atoms with van der Waals surface area (Å²) in [5.41, 5.74) is 2.24. The number of furan rings is 1. The molecule has 2 N–H and O–H groups in total. The summed E-state index contributed by atoms with van der Waals surface area (Å²) >= 11 is 5.85. The van der Waals surface area contributed by atoms with Crippen molar-refractivity contribution in [1.29, 1.82) is 0 Å². The summed E-state index contributed by atoms with van der Waals surface area (Å²) < 4.78 is 11.0. The van der Waals surface area contributed by atoms with E-state index in [-0.39, 0.29) is 18.9 Å². The molecule has 1 amide bonds. The summed E-state index contributed by atoms with van der Waals surface area (Å²) in [6.45, 7) is -0.166. The predicted octanol–water partition coefficient (Wildman–Crippen LogP) is 4.28. The Morgan fingerprint density at radius 1 is 1.15 bits per heavy atom. The van der Waals surface area contributed by atoms with Crippen molar-refractivity contribution in [2.24, 2.45) is 0 Å². The lowest BCUT2D eigenvalue weighted by atomic mass is 10.1. The maximum absolute atomic E-state index is 12.2. The van der Waals surface area contributed by atoms with Gasteiger partial charge in [-0.15, -0.1) is 0 Å². The molecule has 0 fully saturated rings. The molecule has 0 bridgehead atoms. The molecule has 0 saturated heterocycles. The zero-order chi connectivity index (χ0) is 18.5. The highest BCUT2D eigenvalue weighted by Gasteiger charge is 2.12. The number of carbonyl (C=O) groups is 1. The number of anilines is 1. The zero-order valence-electron chi connectivity index (χ0n) is 14.2. The molecule has 0 aliphatic heterocycles. The maximum Gasteiger partial charge on any atom is 0.228 e. The number of amides is 1. The van der Waals surface area contributed by atoms with E-state index in [4.69, 9.17) is 25.9 Å². The molecule has 1 aromatic heterocycles. The highest BCUT2D eigenvalue weighted by molar-refractivity contribution is 6.30. The van der Waals surface area contributed by atoms with Crippen molar-refractivity contribution in [2.75, 3.05) is 12.4 Å². The number of aliphatic hydroxyl groups is 1. The van der Waals surface area contributed by atoms with Gasteiger partial charge in [0.05, 0.1) is 19.1 Å². The molecule has 26 heavy (non-hydrogen) atoms. The molecule has 0 unspecified atom stereocenters. The van der Waals surface area contributed by atoms with Crippen LogP contribution in [0, 0.1) is 0 Å². The number of benzene rings is 2. The van der Waals surface area contributed by atoms with Gasteiger partial charge in [0.2, 0.25) is 5.91 Å². The van der Waals surface area contributed by atoms with Crippen LogP contribution in [0.2, 0.25) is 5.02 Å². The Labute approximate surface area is 156 Å². The molecule has 0 aliphatic rings. The lowest BCUT2D eigenvalue weighted by Gasteiger charge is -2.10. The van der Waals surface area contributed by atoms with Gasteiger partial charge in [-0.3, -0.25) is 4.79 Å².